The number of aliphatic hydroxyl groups is 1. The fourth-order valence-corrected chi connectivity index (χ4v) is 1.21. The van der Waals surface area contributed by atoms with Crippen LogP contribution in [0.1, 0.15) is 19.0 Å². The minimum atomic E-state index is -0.357. The van der Waals surface area contributed by atoms with E-state index in [1.54, 1.807) is 6.07 Å². The zero-order valence-electron chi connectivity index (χ0n) is 8.29. The van der Waals surface area contributed by atoms with Gasteiger partial charge in [-0.2, -0.15) is 0 Å². The Labute approximate surface area is 88.3 Å². The lowest BCUT2D eigenvalue weighted by Gasteiger charge is -2.10. The number of nitrogens with one attached hydrogen (secondary N) is 1. The smallest absolute Gasteiger partial charge is 0.224 e. The molecule has 1 heterocycles. The van der Waals surface area contributed by atoms with Gasteiger partial charge in [0.2, 0.25) is 5.28 Å². The number of halogens is 1. The minimum absolute atomic E-state index is 0.221. The van der Waals surface area contributed by atoms with Gasteiger partial charge in [-0.05, 0) is 24.9 Å². The molecule has 0 amide bonds. The molecule has 0 radical (unpaired) electrons. The van der Waals surface area contributed by atoms with Crippen molar-refractivity contribution in [2.45, 2.75) is 26.4 Å². The van der Waals surface area contributed by atoms with Crippen LogP contribution in [0, 0.1) is 6.92 Å². The largest absolute Gasteiger partial charge is 0.391 e. The van der Waals surface area contributed by atoms with Crippen LogP contribution in [-0.4, -0.2) is 27.7 Å². The predicted octanol–water partition coefficient (Wildman–Crippen LogP) is 1.62. The van der Waals surface area contributed by atoms with E-state index < -0.39 is 0 Å². The van der Waals surface area contributed by atoms with E-state index >= 15 is 0 Å². The Kier molecular flexibility index (Phi) is 4.10. The van der Waals surface area contributed by atoms with Crippen molar-refractivity contribution in [2.24, 2.45) is 0 Å². The minimum Gasteiger partial charge on any atom is -0.391 e. The standard InChI is InChI=1S/C9H14ClN3O/c1-3-7(14)5-11-8-4-6(2)12-9(10)13-8/h4,7,14H,3,5H2,1-2H3,(H,11,12,13). The van der Waals surface area contributed by atoms with Gasteiger partial charge in [-0.1, -0.05) is 6.92 Å². The molecule has 78 valence electrons. The molecule has 1 atom stereocenters. The molecule has 1 aromatic heterocycles. The number of rotatable bonds is 4. The molecular formula is C9H14ClN3O. The summed E-state index contributed by atoms with van der Waals surface area (Å²) in [5.74, 6) is 0.648. The van der Waals surface area contributed by atoms with Crippen molar-refractivity contribution in [3.05, 3.63) is 17.0 Å². The number of anilines is 1. The molecule has 1 unspecified atom stereocenters. The maximum absolute atomic E-state index is 9.32. The van der Waals surface area contributed by atoms with Crippen LogP contribution >= 0.6 is 11.6 Å². The van der Waals surface area contributed by atoms with Crippen molar-refractivity contribution in [1.82, 2.24) is 9.97 Å². The van der Waals surface area contributed by atoms with Gasteiger partial charge in [0, 0.05) is 18.3 Å². The summed E-state index contributed by atoms with van der Waals surface area (Å²) in [5.41, 5.74) is 0.804. The van der Waals surface area contributed by atoms with Crippen molar-refractivity contribution in [1.29, 1.82) is 0 Å². The highest BCUT2D eigenvalue weighted by molar-refractivity contribution is 6.28. The molecule has 0 saturated carbocycles. The number of hydrogen-bond acceptors (Lipinski definition) is 4. The van der Waals surface area contributed by atoms with Crippen molar-refractivity contribution >= 4 is 17.4 Å². The van der Waals surface area contributed by atoms with Gasteiger partial charge in [0.1, 0.15) is 5.82 Å². The zero-order chi connectivity index (χ0) is 10.6. The highest BCUT2D eigenvalue weighted by Crippen LogP contribution is 2.09. The van der Waals surface area contributed by atoms with Crippen molar-refractivity contribution in [2.75, 3.05) is 11.9 Å². The Morgan fingerprint density at radius 3 is 2.86 bits per heavy atom. The molecule has 1 aromatic rings. The van der Waals surface area contributed by atoms with Crippen LogP contribution < -0.4 is 5.32 Å². The van der Waals surface area contributed by atoms with Crippen molar-refractivity contribution in [3.63, 3.8) is 0 Å². The van der Waals surface area contributed by atoms with Crippen molar-refractivity contribution in [3.8, 4) is 0 Å². The SMILES string of the molecule is CCC(O)CNc1cc(C)nc(Cl)n1. The van der Waals surface area contributed by atoms with E-state index in [0.717, 1.165) is 5.69 Å². The lowest BCUT2D eigenvalue weighted by molar-refractivity contribution is 0.183. The van der Waals surface area contributed by atoms with Crippen LogP contribution in [0.4, 0.5) is 5.82 Å². The molecule has 2 N–H and O–H groups in total. The summed E-state index contributed by atoms with van der Waals surface area (Å²) in [6.45, 7) is 4.24. The molecule has 14 heavy (non-hydrogen) atoms. The maximum atomic E-state index is 9.32. The normalized spacial score (nSPS) is 12.6. The number of aromatic nitrogens is 2. The molecule has 4 nitrogen and oxygen atoms in total. The molecule has 1 rings (SSSR count). The topological polar surface area (TPSA) is 58.0 Å². The Bertz CT molecular complexity index is 286. The summed E-state index contributed by atoms with van der Waals surface area (Å²) < 4.78 is 0. The molecule has 0 fully saturated rings. The summed E-state index contributed by atoms with van der Waals surface area (Å²) in [7, 11) is 0. The lowest BCUT2D eigenvalue weighted by Crippen LogP contribution is -2.18. The van der Waals surface area contributed by atoms with Gasteiger partial charge in [-0.25, -0.2) is 9.97 Å². The van der Waals surface area contributed by atoms with Gasteiger partial charge >= 0.3 is 0 Å². The highest BCUT2D eigenvalue weighted by Gasteiger charge is 2.02. The third kappa shape index (κ3) is 3.47. The highest BCUT2D eigenvalue weighted by atomic mass is 35.5. The third-order valence-corrected chi connectivity index (χ3v) is 1.99. The van der Waals surface area contributed by atoms with E-state index in [-0.39, 0.29) is 11.4 Å². The first kappa shape index (κ1) is 11.2. The second kappa shape index (κ2) is 5.12. The Morgan fingerprint density at radius 1 is 1.57 bits per heavy atom. The molecule has 0 aliphatic heterocycles. The second-order valence-corrected chi connectivity index (χ2v) is 3.44. The second-order valence-electron chi connectivity index (χ2n) is 3.11. The fraction of sp³-hybridized carbons (Fsp3) is 0.556. The van der Waals surface area contributed by atoms with Crippen LogP contribution in [0.3, 0.4) is 0 Å². The van der Waals surface area contributed by atoms with Crippen LogP contribution in [0.5, 0.6) is 0 Å². The van der Waals surface area contributed by atoms with Gasteiger partial charge in [-0.15, -0.1) is 0 Å². The Hall–Kier alpha value is -0.870. The van der Waals surface area contributed by atoms with Gasteiger partial charge in [-0.3, -0.25) is 0 Å². The lowest BCUT2D eigenvalue weighted by atomic mass is 10.3. The summed E-state index contributed by atoms with van der Waals surface area (Å²) in [5, 5.41) is 12.5. The fourth-order valence-electron chi connectivity index (χ4n) is 0.990. The predicted molar refractivity (Wildman–Crippen MR) is 56.6 cm³/mol. The number of aryl methyl sites for hydroxylation is 1. The average molecular weight is 216 g/mol. The number of hydrogen-bond donors (Lipinski definition) is 2. The van der Waals surface area contributed by atoms with Crippen LogP contribution in [0.2, 0.25) is 5.28 Å². The Balaban J connectivity index is 2.58. The average Bonchev–Trinajstić information content (AvgIpc) is 2.12. The first-order valence-corrected chi connectivity index (χ1v) is 4.92. The molecule has 0 saturated heterocycles. The van der Waals surface area contributed by atoms with Crippen LogP contribution in [0.15, 0.2) is 6.07 Å². The zero-order valence-corrected chi connectivity index (χ0v) is 9.04. The van der Waals surface area contributed by atoms with Crippen LogP contribution in [-0.2, 0) is 0 Å². The first-order valence-electron chi connectivity index (χ1n) is 4.55. The number of nitrogens with zero attached hydrogens (tertiary/aromatic N) is 2. The van der Waals surface area contributed by atoms with E-state index in [0.29, 0.717) is 18.8 Å². The monoisotopic (exact) mass is 215 g/mol. The van der Waals surface area contributed by atoms with Crippen LogP contribution in [0.25, 0.3) is 0 Å². The van der Waals surface area contributed by atoms with E-state index in [1.165, 1.54) is 0 Å². The van der Waals surface area contributed by atoms with E-state index in [9.17, 15) is 5.11 Å². The van der Waals surface area contributed by atoms with E-state index in [2.05, 4.69) is 15.3 Å². The maximum Gasteiger partial charge on any atom is 0.224 e. The van der Waals surface area contributed by atoms with Gasteiger partial charge < -0.3 is 10.4 Å². The van der Waals surface area contributed by atoms with E-state index in [4.69, 9.17) is 11.6 Å². The van der Waals surface area contributed by atoms with Gasteiger partial charge in [0.25, 0.3) is 0 Å². The van der Waals surface area contributed by atoms with E-state index in [1.807, 2.05) is 13.8 Å². The van der Waals surface area contributed by atoms with Gasteiger partial charge in [0.05, 0.1) is 6.10 Å². The summed E-state index contributed by atoms with van der Waals surface area (Å²) in [6.07, 6.45) is 0.356. The summed E-state index contributed by atoms with van der Waals surface area (Å²) in [4.78, 5) is 7.91. The molecular weight excluding hydrogens is 202 g/mol. The van der Waals surface area contributed by atoms with Crippen molar-refractivity contribution < 1.29 is 5.11 Å². The molecule has 0 aliphatic carbocycles. The molecule has 5 heteroatoms. The summed E-state index contributed by atoms with van der Waals surface area (Å²) >= 11 is 5.67. The molecule has 0 aliphatic rings. The molecule has 0 bridgehead atoms. The third-order valence-electron chi connectivity index (χ3n) is 1.82. The first-order chi connectivity index (χ1) is 6.61. The Morgan fingerprint density at radius 2 is 2.29 bits per heavy atom. The molecule has 0 spiro atoms. The van der Waals surface area contributed by atoms with Gasteiger partial charge in [0.15, 0.2) is 0 Å². The molecule has 0 aromatic carbocycles. The number of aliphatic hydroxyl groups excluding tert-OH is 1. The summed E-state index contributed by atoms with van der Waals surface area (Å²) in [6, 6.07) is 1.79. The quantitative estimate of drug-likeness (QED) is 0.750.